The minimum atomic E-state index is -0.142. The van der Waals surface area contributed by atoms with Crippen LogP contribution in [-0.4, -0.2) is 44.2 Å². The van der Waals surface area contributed by atoms with Crippen LogP contribution >= 0.6 is 12.4 Å². The van der Waals surface area contributed by atoms with Crippen molar-refractivity contribution in [2.24, 2.45) is 0 Å². The van der Waals surface area contributed by atoms with Gasteiger partial charge in [0.2, 0.25) is 5.91 Å². The predicted octanol–water partition coefficient (Wildman–Crippen LogP) is 1.96. The molecule has 1 heterocycles. The van der Waals surface area contributed by atoms with E-state index in [-0.39, 0.29) is 30.3 Å². The molecule has 0 radical (unpaired) electrons. The van der Waals surface area contributed by atoms with Crippen LogP contribution in [0.1, 0.15) is 36.5 Å². The Hall–Kier alpha value is -1.63. The van der Waals surface area contributed by atoms with Gasteiger partial charge in [-0.1, -0.05) is 6.07 Å². The van der Waals surface area contributed by atoms with E-state index in [0.29, 0.717) is 31.0 Å². The van der Waals surface area contributed by atoms with Gasteiger partial charge >= 0.3 is 0 Å². The predicted molar refractivity (Wildman–Crippen MR) is 96.8 cm³/mol. The standard InChI is InChI=1S/C17H25N3O3.ClH/c1-2-23-11-5-10-19-16(21)13-6-3-7-14(12-13)20-17(22)15-8-4-9-18-15;/h3,6-7,12,15,18H,2,4-5,8-11H2,1H3,(H,19,21)(H,20,22);1H. The molecule has 0 aliphatic carbocycles. The molecule has 1 fully saturated rings. The van der Waals surface area contributed by atoms with Crippen molar-refractivity contribution in [1.82, 2.24) is 10.6 Å². The summed E-state index contributed by atoms with van der Waals surface area (Å²) in [7, 11) is 0. The van der Waals surface area contributed by atoms with Gasteiger partial charge in [-0.05, 0) is 50.9 Å². The molecule has 1 aromatic carbocycles. The lowest BCUT2D eigenvalue weighted by atomic mass is 10.1. The second kappa shape index (κ2) is 11.0. The van der Waals surface area contributed by atoms with E-state index in [4.69, 9.17) is 4.74 Å². The highest BCUT2D eigenvalue weighted by Crippen LogP contribution is 2.13. The first kappa shape index (κ1) is 20.4. The zero-order chi connectivity index (χ0) is 16.5. The summed E-state index contributed by atoms with van der Waals surface area (Å²) < 4.78 is 5.23. The first-order valence-electron chi connectivity index (χ1n) is 8.21. The van der Waals surface area contributed by atoms with E-state index < -0.39 is 0 Å². The molecule has 0 spiro atoms. The van der Waals surface area contributed by atoms with E-state index >= 15 is 0 Å². The normalized spacial score (nSPS) is 16.3. The maximum atomic E-state index is 12.1. The van der Waals surface area contributed by atoms with Crippen molar-refractivity contribution in [2.45, 2.75) is 32.2 Å². The van der Waals surface area contributed by atoms with Crippen LogP contribution in [0, 0.1) is 0 Å². The molecular weight excluding hydrogens is 330 g/mol. The Kier molecular flexibility index (Phi) is 9.37. The molecule has 1 aliphatic rings. The lowest BCUT2D eigenvalue weighted by molar-refractivity contribution is -0.117. The van der Waals surface area contributed by atoms with Crippen molar-refractivity contribution >= 4 is 29.9 Å². The highest BCUT2D eigenvalue weighted by Gasteiger charge is 2.22. The number of carbonyl (C=O) groups excluding carboxylic acids is 2. The Bertz CT molecular complexity index is 534. The number of hydrogen-bond acceptors (Lipinski definition) is 4. The van der Waals surface area contributed by atoms with Crippen LogP contribution < -0.4 is 16.0 Å². The Morgan fingerprint density at radius 3 is 2.92 bits per heavy atom. The molecule has 3 N–H and O–H groups in total. The topological polar surface area (TPSA) is 79.5 Å². The van der Waals surface area contributed by atoms with Crippen LogP contribution in [0.25, 0.3) is 0 Å². The number of nitrogens with one attached hydrogen (secondary N) is 3. The largest absolute Gasteiger partial charge is 0.382 e. The van der Waals surface area contributed by atoms with Gasteiger partial charge in [-0.3, -0.25) is 9.59 Å². The van der Waals surface area contributed by atoms with E-state index in [1.54, 1.807) is 24.3 Å². The van der Waals surface area contributed by atoms with Crippen LogP contribution in [0.15, 0.2) is 24.3 Å². The summed E-state index contributed by atoms with van der Waals surface area (Å²) in [5.74, 6) is -0.187. The van der Waals surface area contributed by atoms with Crippen molar-refractivity contribution in [2.75, 3.05) is 31.6 Å². The van der Waals surface area contributed by atoms with Gasteiger partial charge in [-0.2, -0.15) is 0 Å². The molecule has 134 valence electrons. The fourth-order valence-corrected chi connectivity index (χ4v) is 2.50. The molecule has 0 aromatic heterocycles. The molecular formula is C17H26ClN3O3. The van der Waals surface area contributed by atoms with Crippen molar-refractivity contribution in [3.8, 4) is 0 Å². The molecule has 0 bridgehead atoms. The third-order valence-corrected chi connectivity index (χ3v) is 3.72. The molecule has 1 saturated heterocycles. The highest BCUT2D eigenvalue weighted by atomic mass is 35.5. The number of rotatable bonds is 8. The van der Waals surface area contributed by atoms with Gasteiger partial charge in [0, 0.05) is 31.0 Å². The van der Waals surface area contributed by atoms with Crippen LogP contribution in [0.2, 0.25) is 0 Å². The van der Waals surface area contributed by atoms with E-state index in [1.165, 1.54) is 0 Å². The van der Waals surface area contributed by atoms with E-state index in [1.807, 2.05) is 6.92 Å². The Labute approximate surface area is 149 Å². The summed E-state index contributed by atoms with van der Waals surface area (Å²) in [4.78, 5) is 24.2. The van der Waals surface area contributed by atoms with Gasteiger partial charge in [0.25, 0.3) is 5.91 Å². The van der Waals surface area contributed by atoms with Crippen molar-refractivity contribution in [3.05, 3.63) is 29.8 Å². The number of carbonyl (C=O) groups is 2. The molecule has 24 heavy (non-hydrogen) atoms. The minimum Gasteiger partial charge on any atom is -0.382 e. The summed E-state index contributed by atoms with van der Waals surface area (Å²) in [6.45, 7) is 4.72. The van der Waals surface area contributed by atoms with Crippen LogP contribution in [0.4, 0.5) is 5.69 Å². The van der Waals surface area contributed by atoms with Gasteiger partial charge in [-0.15, -0.1) is 12.4 Å². The first-order valence-corrected chi connectivity index (χ1v) is 8.21. The van der Waals surface area contributed by atoms with E-state index in [2.05, 4.69) is 16.0 Å². The number of benzene rings is 1. The van der Waals surface area contributed by atoms with Gasteiger partial charge < -0.3 is 20.7 Å². The quantitative estimate of drug-likeness (QED) is 0.623. The molecule has 7 heteroatoms. The lowest BCUT2D eigenvalue weighted by Gasteiger charge is -2.12. The fraction of sp³-hybridized carbons (Fsp3) is 0.529. The van der Waals surface area contributed by atoms with Crippen molar-refractivity contribution in [1.29, 1.82) is 0 Å². The van der Waals surface area contributed by atoms with E-state index in [9.17, 15) is 9.59 Å². The molecule has 6 nitrogen and oxygen atoms in total. The summed E-state index contributed by atoms with van der Waals surface area (Å²) in [5.41, 5.74) is 1.18. The lowest BCUT2D eigenvalue weighted by Crippen LogP contribution is -2.35. The molecule has 1 unspecified atom stereocenters. The number of anilines is 1. The monoisotopic (exact) mass is 355 g/mol. The van der Waals surface area contributed by atoms with Crippen LogP contribution in [-0.2, 0) is 9.53 Å². The van der Waals surface area contributed by atoms with Gasteiger partial charge in [0.15, 0.2) is 0 Å². The number of halogens is 1. The van der Waals surface area contributed by atoms with Crippen molar-refractivity contribution in [3.63, 3.8) is 0 Å². The fourth-order valence-electron chi connectivity index (χ4n) is 2.50. The van der Waals surface area contributed by atoms with Crippen molar-refractivity contribution < 1.29 is 14.3 Å². The first-order chi connectivity index (χ1) is 11.2. The summed E-state index contributed by atoms with van der Waals surface area (Å²) in [6.07, 6.45) is 2.65. The summed E-state index contributed by atoms with van der Waals surface area (Å²) in [5, 5.41) is 8.87. The highest BCUT2D eigenvalue weighted by molar-refractivity contribution is 5.98. The number of ether oxygens (including phenoxy) is 1. The SMILES string of the molecule is CCOCCCNC(=O)c1cccc(NC(=O)C2CCCN2)c1.Cl. The molecule has 1 aliphatic heterocycles. The Morgan fingerprint density at radius 2 is 2.21 bits per heavy atom. The third kappa shape index (κ3) is 6.47. The number of amides is 2. The Morgan fingerprint density at radius 1 is 1.38 bits per heavy atom. The molecule has 2 rings (SSSR count). The van der Waals surface area contributed by atoms with Gasteiger partial charge in [0.1, 0.15) is 0 Å². The average molecular weight is 356 g/mol. The maximum Gasteiger partial charge on any atom is 0.251 e. The summed E-state index contributed by atoms with van der Waals surface area (Å²) >= 11 is 0. The van der Waals surface area contributed by atoms with Gasteiger partial charge in [-0.25, -0.2) is 0 Å². The zero-order valence-electron chi connectivity index (χ0n) is 14.0. The molecule has 0 saturated carbocycles. The second-order valence-corrected chi connectivity index (χ2v) is 5.53. The average Bonchev–Trinajstić information content (AvgIpc) is 3.09. The third-order valence-electron chi connectivity index (χ3n) is 3.72. The molecule has 2 amide bonds. The zero-order valence-corrected chi connectivity index (χ0v) is 14.8. The summed E-state index contributed by atoms with van der Waals surface area (Å²) in [6, 6.07) is 6.86. The maximum absolute atomic E-state index is 12.1. The minimum absolute atomic E-state index is 0. The van der Waals surface area contributed by atoms with Crippen LogP contribution in [0.5, 0.6) is 0 Å². The molecule has 1 atom stereocenters. The van der Waals surface area contributed by atoms with Crippen LogP contribution in [0.3, 0.4) is 0 Å². The second-order valence-electron chi connectivity index (χ2n) is 5.53. The van der Waals surface area contributed by atoms with Gasteiger partial charge in [0.05, 0.1) is 6.04 Å². The number of hydrogen-bond donors (Lipinski definition) is 3. The smallest absolute Gasteiger partial charge is 0.251 e. The Balaban J connectivity index is 0.00000288. The van der Waals surface area contributed by atoms with E-state index in [0.717, 1.165) is 25.8 Å². The molecule has 1 aromatic rings.